The van der Waals surface area contributed by atoms with Gasteiger partial charge in [0.1, 0.15) is 11.2 Å². The Balaban J connectivity index is 0.762. The smallest absolute Gasteiger partial charge is 0.135 e. The second kappa shape index (κ2) is 18.1. The molecule has 74 heavy (non-hydrogen) atoms. The van der Waals surface area contributed by atoms with Crippen LogP contribution in [0.4, 0.5) is 17.1 Å². The summed E-state index contributed by atoms with van der Waals surface area (Å²) in [7, 11) is 0. The summed E-state index contributed by atoms with van der Waals surface area (Å²) < 4.78 is 6.11. The lowest BCUT2D eigenvalue weighted by atomic mass is 9.92. The van der Waals surface area contributed by atoms with Gasteiger partial charge < -0.3 is 9.32 Å². The Morgan fingerprint density at radius 1 is 0.176 bits per heavy atom. The molecule has 0 radical (unpaired) electrons. The summed E-state index contributed by atoms with van der Waals surface area (Å²) in [5.74, 6) is 0. The molecule has 14 rings (SSSR count). The molecule has 0 aliphatic heterocycles. The van der Waals surface area contributed by atoms with Gasteiger partial charge in [-0.3, -0.25) is 0 Å². The van der Waals surface area contributed by atoms with Gasteiger partial charge in [-0.1, -0.05) is 224 Å². The van der Waals surface area contributed by atoms with Gasteiger partial charge >= 0.3 is 0 Å². The molecule has 1 aromatic heterocycles. The van der Waals surface area contributed by atoms with Gasteiger partial charge in [-0.2, -0.15) is 0 Å². The predicted octanol–water partition coefficient (Wildman–Crippen LogP) is 20.5. The minimum Gasteiger partial charge on any atom is -0.456 e. The third kappa shape index (κ3) is 7.78. The normalized spacial score (nSPS) is 11.5. The van der Waals surface area contributed by atoms with Crippen molar-refractivity contribution in [3.05, 3.63) is 285 Å². The summed E-state index contributed by atoms with van der Waals surface area (Å²) in [6.45, 7) is 0. The van der Waals surface area contributed by atoms with E-state index in [9.17, 15) is 0 Å². The van der Waals surface area contributed by atoms with Crippen LogP contribution in [-0.2, 0) is 0 Å². The van der Waals surface area contributed by atoms with E-state index in [1.807, 2.05) is 12.1 Å². The fourth-order valence-corrected chi connectivity index (χ4v) is 11.0. The van der Waals surface area contributed by atoms with E-state index >= 15 is 0 Å². The molecule has 0 amide bonds. The van der Waals surface area contributed by atoms with Crippen molar-refractivity contribution in [2.45, 2.75) is 0 Å². The van der Waals surface area contributed by atoms with E-state index in [0.29, 0.717) is 0 Å². The van der Waals surface area contributed by atoms with E-state index in [1.54, 1.807) is 0 Å². The molecule has 0 saturated carbocycles. The molecular formula is C72H47NO. The molecule has 0 spiro atoms. The third-order valence-electron chi connectivity index (χ3n) is 14.9. The predicted molar refractivity (Wildman–Crippen MR) is 314 cm³/mol. The van der Waals surface area contributed by atoms with Crippen LogP contribution in [0.15, 0.2) is 290 Å². The third-order valence-corrected chi connectivity index (χ3v) is 14.9. The number of fused-ring (bicyclic) bond motifs is 9. The fraction of sp³-hybridized carbons (Fsp3) is 0. The summed E-state index contributed by atoms with van der Waals surface area (Å²) in [4.78, 5) is 2.35. The van der Waals surface area contributed by atoms with E-state index in [-0.39, 0.29) is 0 Å². The van der Waals surface area contributed by atoms with E-state index in [0.717, 1.165) is 44.6 Å². The molecule has 2 heteroatoms. The summed E-state index contributed by atoms with van der Waals surface area (Å²) in [6, 6.07) is 103. The summed E-state index contributed by atoms with van der Waals surface area (Å²) >= 11 is 0. The van der Waals surface area contributed by atoms with Crippen molar-refractivity contribution in [1.29, 1.82) is 0 Å². The second-order valence-electron chi connectivity index (χ2n) is 19.2. The van der Waals surface area contributed by atoms with Crippen LogP contribution in [0.1, 0.15) is 0 Å². The Hall–Kier alpha value is -9.76. The first kappa shape index (κ1) is 43.1. The minimum absolute atomic E-state index is 0.910. The van der Waals surface area contributed by atoms with Crippen LogP contribution in [0, 0.1) is 0 Å². The lowest BCUT2D eigenvalue weighted by Gasteiger charge is -2.26. The van der Waals surface area contributed by atoms with Crippen molar-refractivity contribution >= 4 is 71.3 Å². The number of anilines is 3. The molecule has 0 bridgehead atoms. The number of furan rings is 1. The van der Waals surface area contributed by atoms with E-state index in [1.165, 1.54) is 93.5 Å². The summed E-state index contributed by atoms with van der Waals surface area (Å²) in [5.41, 5.74) is 19.3. The van der Waals surface area contributed by atoms with Gasteiger partial charge in [-0.25, -0.2) is 0 Å². The second-order valence-corrected chi connectivity index (χ2v) is 19.2. The summed E-state index contributed by atoms with van der Waals surface area (Å²) in [6.07, 6.45) is 0. The maximum atomic E-state index is 6.11. The first-order valence-electron chi connectivity index (χ1n) is 25.4. The van der Waals surface area contributed by atoms with Gasteiger partial charge in [0.05, 0.1) is 0 Å². The van der Waals surface area contributed by atoms with Crippen molar-refractivity contribution in [3.8, 4) is 66.8 Å². The molecule has 0 fully saturated rings. The summed E-state index contributed by atoms with van der Waals surface area (Å²) in [5, 5.41) is 10.0. The van der Waals surface area contributed by atoms with Gasteiger partial charge in [0.15, 0.2) is 0 Å². The highest BCUT2D eigenvalue weighted by Gasteiger charge is 2.16. The maximum absolute atomic E-state index is 6.11. The van der Waals surface area contributed by atoms with E-state index < -0.39 is 0 Å². The monoisotopic (exact) mass is 941 g/mol. The van der Waals surface area contributed by atoms with Crippen LogP contribution in [0.25, 0.3) is 121 Å². The molecule has 346 valence electrons. The zero-order chi connectivity index (χ0) is 49.0. The van der Waals surface area contributed by atoms with Crippen molar-refractivity contribution in [1.82, 2.24) is 0 Å². The number of nitrogens with zero attached hydrogens (tertiary/aromatic N) is 1. The Morgan fingerprint density at radius 3 is 0.878 bits per heavy atom. The van der Waals surface area contributed by atoms with Crippen molar-refractivity contribution < 1.29 is 4.42 Å². The van der Waals surface area contributed by atoms with Crippen LogP contribution in [0.3, 0.4) is 0 Å². The molecule has 1 heterocycles. The van der Waals surface area contributed by atoms with Crippen LogP contribution < -0.4 is 4.90 Å². The Bertz CT molecular complexity index is 4310. The van der Waals surface area contributed by atoms with Gasteiger partial charge in [-0.15, -0.1) is 0 Å². The standard InChI is InChI=1S/C72H47NO/c1-2-10-48(11-3-1)49-18-20-50(21-19-49)53-30-38-60(39-31-53)73(62-42-34-55(35-43-62)52-24-28-57(29-25-52)59-37-45-72-70(47-59)68-16-8-9-17-71(68)74-72)61-40-32-54(33-41-61)51-22-26-56(27-23-51)58-36-44-67-65-14-5-4-12-63(65)64-13-6-7-15-66(64)69(67)46-58/h1-47H. The molecule has 13 aromatic carbocycles. The quantitative estimate of drug-likeness (QED) is 0.134. The van der Waals surface area contributed by atoms with Gasteiger partial charge in [0, 0.05) is 27.8 Å². The molecule has 2 nitrogen and oxygen atoms in total. The number of hydrogen-bond acceptors (Lipinski definition) is 2. The molecule has 0 unspecified atom stereocenters. The highest BCUT2D eigenvalue weighted by molar-refractivity contribution is 6.25. The van der Waals surface area contributed by atoms with Crippen LogP contribution in [0.5, 0.6) is 0 Å². The van der Waals surface area contributed by atoms with Crippen molar-refractivity contribution in [3.63, 3.8) is 0 Å². The number of hydrogen-bond donors (Lipinski definition) is 0. The van der Waals surface area contributed by atoms with Crippen molar-refractivity contribution in [2.24, 2.45) is 0 Å². The maximum Gasteiger partial charge on any atom is 0.135 e. The lowest BCUT2D eigenvalue weighted by molar-refractivity contribution is 0.669. The molecule has 0 aliphatic carbocycles. The number of benzene rings is 13. The Kier molecular flexibility index (Phi) is 10.6. The number of para-hydroxylation sites is 1. The lowest BCUT2D eigenvalue weighted by Crippen LogP contribution is -2.09. The van der Waals surface area contributed by atoms with Crippen LogP contribution in [0.2, 0.25) is 0 Å². The molecular weight excluding hydrogens is 895 g/mol. The first-order chi connectivity index (χ1) is 36.6. The van der Waals surface area contributed by atoms with Crippen LogP contribution >= 0.6 is 0 Å². The molecule has 0 atom stereocenters. The Labute approximate surface area is 430 Å². The highest BCUT2D eigenvalue weighted by Crippen LogP contribution is 2.41. The topological polar surface area (TPSA) is 16.4 Å². The van der Waals surface area contributed by atoms with E-state index in [4.69, 9.17) is 4.42 Å². The van der Waals surface area contributed by atoms with Crippen molar-refractivity contribution in [2.75, 3.05) is 4.90 Å². The average molecular weight is 942 g/mol. The Morgan fingerprint density at radius 2 is 0.446 bits per heavy atom. The fourth-order valence-electron chi connectivity index (χ4n) is 11.0. The number of rotatable bonds is 9. The van der Waals surface area contributed by atoms with E-state index in [2.05, 4.69) is 278 Å². The molecule has 0 saturated heterocycles. The molecule has 0 aliphatic rings. The average Bonchev–Trinajstić information content (AvgIpc) is 3.86. The first-order valence-corrected chi connectivity index (χ1v) is 25.4. The zero-order valence-electron chi connectivity index (χ0n) is 40.5. The molecule has 14 aromatic rings. The van der Waals surface area contributed by atoms with Gasteiger partial charge in [0.25, 0.3) is 0 Å². The largest absolute Gasteiger partial charge is 0.456 e. The zero-order valence-corrected chi connectivity index (χ0v) is 40.5. The minimum atomic E-state index is 0.910. The van der Waals surface area contributed by atoms with Crippen LogP contribution in [-0.4, -0.2) is 0 Å². The molecule has 0 N–H and O–H groups in total. The van der Waals surface area contributed by atoms with Gasteiger partial charge in [-0.05, 0) is 160 Å². The SMILES string of the molecule is c1ccc(-c2ccc(-c3ccc(N(c4ccc(-c5ccc(-c6ccc7oc8ccccc8c7c6)cc5)cc4)c4ccc(-c5ccc(-c6ccc7c8ccccc8c8ccccc8c7c6)cc5)cc4)cc3)cc2)cc1. The van der Waals surface area contributed by atoms with Gasteiger partial charge in [0.2, 0.25) is 0 Å². The highest BCUT2D eigenvalue weighted by atomic mass is 16.3.